The lowest BCUT2D eigenvalue weighted by Gasteiger charge is -2.21. The van der Waals surface area contributed by atoms with Gasteiger partial charge in [0, 0.05) is 27.2 Å². The predicted octanol–water partition coefficient (Wildman–Crippen LogP) is 2.04. The molecule has 4 nitrogen and oxygen atoms in total. The van der Waals surface area contributed by atoms with Gasteiger partial charge in [-0.25, -0.2) is 0 Å². The molecule has 0 unspecified atom stereocenters. The molecule has 0 bridgehead atoms. The largest absolute Gasteiger partial charge is 0.494 e. The first-order valence-corrected chi connectivity index (χ1v) is 6.77. The summed E-state index contributed by atoms with van der Waals surface area (Å²) in [5, 5.41) is 3.87. The van der Waals surface area contributed by atoms with Crippen LogP contribution in [0.3, 0.4) is 0 Å². The lowest BCUT2D eigenvalue weighted by atomic mass is 10.2. The number of rotatable bonds is 7. The summed E-state index contributed by atoms with van der Waals surface area (Å²) in [6.45, 7) is 4.81. The second-order valence-corrected chi connectivity index (χ2v) is 4.54. The van der Waals surface area contributed by atoms with Gasteiger partial charge < -0.3 is 19.7 Å². The number of hydrogen-bond donors (Lipinski definition) is 1. The first kappa shape index (κ1) is 15.7. The standard InChI is InChI=1S/C14H22N2O2S/c1-4-18-13-7-5-12(6-8-13)11-16(2)14(19)15-9-10-17-3/h5-8H,4,9-11H2,1-3H3,(H,15,19). The van der Waals surface area contributed by atoms with E-state index in [0.29, 0.717) is 13.2 Å². The quantitative estimate of drug-likeness (QED) is 0.611. The maximum absolute atomic E-state index is 5.41. The van der Waals surface area contributed by atoms with E-state index in [0.717, 1.165) is 24.0 Å². The van der Waals surface area contributed by atoms with Crippen LogP contribution in [0, 0.1) is 0 Å². The van der Waals surface area contributed by atoms with Gasteiger partial charge in [-0.1, -0.05) is 12.1 Å². The SMILES string of the molecule is CCOc1ccc(CN(C)C(=S)NCCOC)cc1. The summed E-state index contributed by atoms with van der Waals surface area (Å²) < 4.78 is 10.4. The number of ether oxygens (including phenoxy) is 2. The highest BCUT2D eigenvalue weighted by Gasteiger charge is 2.04. The number of methoxy groups -OCH3 is 1. The highest BCUT2D eigenvalue weighted by Crippen LogP contribution is 2.13. The second kappa shape index (κ2) is 8.72. The van der Waals surface area contributed by atoms with E-state index < -0.39 is 0 Å². The minimum Gasteiger partial charge on any atom is -0.494 e. The summed E-state index contributed by atoms with van der Waals surface area (Å²) >= 11 is 5.29. The zero-order valence-electron chi connectivity index (χ0n) is 11.8. The van der Waals surface area contributed by atoms with Crippen molar-refractivity contribution in [2.75, 3.05) is 33.9 Å². The minimum atomic E-state index is 0.650. The molecule has 0 aliphatic rings. The Balaban J connectivity index is 2.42. The molecule has 0 aromatic heterocycles. The number of hydrogen-bond acceptors (Lipinski definition) is 3. The number of benzene rings is 1. The Kier molecular flexibility index (Phi) is 7.22. The molecule has 1 aromatic carbocycles. The van der Waals surface area contributed by atoms with E-state index in [9.17, 15) is 0 Å². The third kappa shape index (κ3) is 5.89. The minimum absolute atomic E-state index is 0.650. The first-order valence-electron chi connectivity index (χ1n) is 6.37. The topological polar surface area (TPSA) is 33.7 Å². The molecule has 0 atom stereocenters. The van der Waals surface area contributed by atoms with Gasteiger partial charge in [0.15, 0.2) is 5.11 Å². The van der Waals surface area contributed by atoms with Crippen LogP contribution in [0.5, 0.6) is 5.75 Å². The van der Waals surface area contributed by atoms with Crippen LogP contribution in [0.15, 0.2) is 24.3 Å². The van der Waals surface area contributed by atoms with E-state index >= 15 is 0 Å². The lowest BCUT2D eigenvalue weighted by Crippen LogP contribution is -2.38. The lowest BCUT2D eigenvalue weighted by molar-refractivity contribution is 0.203. The van der Waals surface area contributed by atoms with Crippen LogP contribution in [-0.2, 0) is 11.3 Å². The Labute approximate surface area is 120 Å². The third-order valence-electron chi connectivity index (χ3n) is 2.58. The van der Waals surface area contributed by atoms with E-state index in [-0.39, 0.29) is 0 Å². The number of nitrogens with one attached hydrogen (secondary N) is 1. The van der Waals surface area contributed by atoms with Crippen LogP contribution < -0.4 is 10.1 Å². The van der Waals surface area contributed by atoms with E-state index in [1.165, 1.54) is 5.56 Å². The predicted molar refractivity (Wildman–Crippen MR) is 81.6 cm³/mol. The molecule has 0 saturated heterocycles. The zero-order chi connectivity index (χ0) is 14.1. The summed E-state index contributed by atoms with van der Waals surface area (Å²) in [4.78, 5) is 2.00. The van der Waals surface area contributed by atoms with Gasteiger partial charge >= 0.3 is 0 Å². The van der Waals surface area contributed by atoms with Crippen LogP contribution in [0.2, 0.25) is 0 Å². The Morgan fingerprint density at radius 3 is 2.58 bits per heavy atom. The van der Waals surface area contributed by atoms with Crippen LogP contribution in [0.1, 0.15) is 12.5 Å². The third-order valence-corrected chi connectivity index (χ3v) is 3.04. The summed E-state index contributed by atoms with van der Waals surface area (Å²) in [7, 11) is 3.65. The molecule has 1 rings (SSSR count). The van der Waals surface area contributed by atoms with Crippen molar-refractivity contribution < 1.29 is 9.47 Å². The van der Waals surface area contributed by atoms with Gasteiger partial charge in [0.1, 0.15) is 5.75 Å². The van der Waals surface area contributed by atoms with E-state index in [1.54, 1.807) is 7.11 Å². The van der Waals surface area contributed by atoms with Crippen molar-refractivity contribution in [2.24, 2.45) is 0 Å². The van der Waals surface area contributed by atoms with E-state index in [4.69, 9.17) is 21.7 Å². The fraction of sp³-hybridized carbons (Fsp3) is 0.500. The molecule has 0 saturated carbocycles. The number of nitrogens with zero attached hydrogens (tertiary/aromatic N) is 1. The molecule has 1 N–H and O–H groups in total. The van der Waals surface area contributed by atoms with Crippen molar-refractivity contribution in [3.63, 3.8) is 0 Å². The molecule has 0 amide bonds. The van der Waals surface area contributed by atoms with Gasteiger partial charge in [-0.15, -0.1) is 0 Å². The van der Waals surface area contributed by atoms with Gasteiger partial charge in [0.05, 0.1) is 13.2 Å². The summed E-state index contributed by atoms with van der Waals surface area (Å²) in [5.41, 5.74) is 1.20. The van der Waals surface area contributed by atoms with Crippen molar-refractivity contribution in [1.82, 2.24) is 10.2 Å². The molecule has 19 heavy (non-hydrogen) atoms. The fourth-order valence-corrected chi connectivity index (χ4v) is 1.77. The van der Waals surface area contributed by atoms with Crippen LogP contribution in [0.4, 0.5) is 0 Å². The summed E-state index contributed by atoms with van der Waals surface area (Å²) in [6, 6.07) is 8.07. The normalized spacial score (nSPS) is 10.1. The molecular formula is C14H22N2O2S. The average Bonchev–Trinajstić information content (AvgIpc) is 2.41. The molecule has 0 heterocycles. The Morgan fingerprint density at radius 1 is 1.32 bits per heavy atom. The van der Waals surface area contributed by atoms with Crippen LogP contribution >= 0.6 is 12.2 Å². The summed E-state index contributed by atoms with van der Waals surface area (Å²) in [6.07, 6.45) is 0. The highest BCUT2D eigenvalue weighted by molar-refractivity contribution is 7.80. The van der Waals surface area contributed by atoms with Crippen LogP contribution in [0.25, 0.3) is 0 Å². The average molecular weight is 282 g/mol. The molecule has 0 aliphatic heterocycles. The van der Waals surface area contributed by atoms with Gasteiger partial charge in [-0.3, -0.25) is 0 Å². The Morgan fingerprint density at radius 2 is 2.00 bits per heavy atom. The van der Waals surface area contributed by atoms with Crippen LogP contribution in [-0.4, -0.2) is 43.9 Å². The Bertz CT molecular complexity index is 382. The van der Waals surface area contributed by atoms with Gasteiger partial charge in [-0.05, 0) is 36.8 Å². The first-order chi connectivity index (χ1) is 9.17. The Hall–Kier alpha value is -1.33. The van der Waals surface area contributed by atoms with Gasteiger partial charge in [0.25, 0.3) is 0 Å². The molecule has 0 radical (unpaired) electrons. The molecule has 0 aliphatic carbocycles. The van der Waals surface area contributed by atoms with E-state index in [1.807, 2.05) is 31.0 Å². The highest BCUT2D eigenvalue weighted by atomic mass is 32.1. The molecule has 5 heteroatoms. The molecule has 0 fully saturated rings. The van der Waals surface area contributed by atoms with Crippen molar-refractivity contribution in [1.29, 1.82) is 0 Å². The zero-order valence-corrected chi connectivity index (χ0v) is 12.6. The maximum Gasteiger partial charge on any atom is 0.169 e. The molecule has 0 spiro atoms. The molecule has 1 aromatic rings. The van der Waals surface area contributed by atoms with Crippen molar-refractivity contribution in [3.05, 3.63) is 29.8 Å². The van der Waals surface area contributed by atoms with E-state index in [2.05, 4.69) is 17.4 Å². The van der Waals surface area contributed by atoms with Crippen molar-refractivity contribution >= 4 is 17.3 Å². The van der Waals surface area contributed by atoms with Gasteiger partial charge in [0.2, 0.25) is 0 Å². The second-order valence-electron chi connectivity index (χ2n) is 4.16. The van der Waals surface area contributed by atoms with Crippen molar-refractivity contribution in [3.8, 4) is 5.75 Å². The maximum atomic E-state index is 5.41. The fourth-order valence-electron chi connectivity index (χ4n) is 1.60. The molecular weight excluding hydrogens is 260 g/mol. The summed E-state index contributed by atoms with van der Waals surface area (Å²) in [5.74, 6) is 0.898. The smallest absolute Gasteiger partial charge is 0.169 e. The molecule has 106 valence electrons. The monoisotopic (exact) mass is 282 g/mol. The van der Waals surface area contributed by atoms with Crippen molar-refractivity contribution in [2.45, 2.75) is 13.5 Å². The van der Waals surface area contributed by atoms with Gasteiger partial charge in [-0.2, -0.15) is 0 Å². The number of thiocarbonyl (C=S) groups is 1.